The molecule has 1 aromatic carbocycles. The van der Waals surface area contributed by atoms with Crippen LogP contribution in [-0.4, -0.2) is 64.7 Å². The Kier molecular flexibility index (Phi) is 6.34. The summed E-state index contributed by atoms with van der Waals surface area (Å²) < 4.78 is 6.98. The quantitative estimate of drug-likeness (QED) is 0.795. The first-order valence-corrected chi connectivity index (χ1v) is 9.77. The molecule has 0 N–H and O–H groups in total. The largest absolute Gasteiger partial charge is 0.497 e. The van der Waals surface area contributed by atoms with Crippen LogP contribution < -0.4 is 4.74 Å². The van der Waals surface area contributed by atoms with E-state index >= 15 is 0 Å². The number of hydrogen-bond donors (Lipinski definition) is 0. The fourth-order valence-corrected chi connectivity index (χ4v) is 3.61. The molecule has 28 heavy (non-hydrogen) atoms. The van der Waals surface area contributed by atoms with Gasteiger partial charge in [0.25, 0.3) is 11.8 Å². The second kappa shape index (κ2) is 8.91. The fourth-order valence-electron chi connectivity index (χ4n) is 3.61. The van der Waals surface area contributed by atoms with Crippen molar-refractivity contribution < 1.29 is 14.3 Å². The number of benzene rings is 1. The number of likely N-dealkylation sites (tertiary alicyclic amines) is 1. The highest BCUT2D eigenvalue weighted by Crippen LogP contribution is 2.21. The molecule has 1 aliphatic rings. The normalized spacial score (nSPS) is 17.1. The fraction of sp³-hybridized carbons (Fsp3) is 0.476. The zero-order chi connectivity index (χ0) is 20.1. The maximum Gasteiger partial charge on any atom is 0.274 e. The van der Waals surface area contributed by atoms with E-state index in [0.717, 1.165) is 25.8 Å². The van der Waals surface area contributed by atoms with E-state index < -0.39 is 0 Å². The summed E-state index contributed by atoms with van der Waals surface area (Å²) in [5, 5.41) is 4.32. The molecule has 1 unspecified atom stereocenters. The Hall–Kier alpha value is -2.83. The van der Waals surface area contributed by atoms with Gasteiger partial charge in [-0.1, -0.05) is 6.07 Å². The van der Waals surface area contributed by atoms with E-state index in [-0.39, 0.29) is 17.9 Å². The molecular formula is C21H28N4O3. The predicted molar refractivity (Wildman–Crippen MR) is 107 cm³/mol. The number of hydrogen-bond acceptors (Lipinski definition) is 4. The first-order chi connectivity index (χ1) is 13.5. The highest BCUT2D eigenvalue weighted by atomic mass is 16.5. The van der Waals surface area contributed by atoms with Crippen molar-refractivity contribution in [1.82, 2.24) is 19.6 Å². The molecular weight excluding hydrogens is 356 g/mol. The van der Waals surface area contributed by atoms with Crippen LogP contribution in [0, 0.1) is 0 Å². The molecule has 0 spiro atoms. The summed E-state index contributed by atoms with van der Waals surface area (Å²) in [5.74, 6) is 0.614. The first kappa shape index (κ1) is 19.9. The number of carbonyl (C=O) groups is 2. The molecule has 150 valence electrons. The molecule has 0 saturated carbocycles. The number of ether oxygens (including phenoxy) is 1. The summed E-state index contributed by atoms with van der Waals surface area (Å²) in [4.78, 5) is 29.3. The summed E-state index contributed by atoms with van der Waals surface area (Å²) in [6.07, 6.45) is 4.32. The number of amides is 2. The zero-order valence-electron chi connectivity index (χ0n) is 16.8. The molecule has 7 heteroatoms. The minimum atomic E-state index is -0.0328. The van der Waals surface area contributed by atoms with E-state index in [2.05, 4.69) is 5.10 Å². The number of aryl methyl sites for hydroxylation is 1. The Balaban J connectivity index is 1.63. The van der Waals surface area contributed by atoms with Crippen LogP contribution in [-0.2, 0) is 6.54 Å². The second-order valence-corrected chi connectivity index (χ2v) is 7.08. The molecule has 3 rings (SSSR count). The number of rotatable bonds is 5. The summed E-state index contributed by atoms with van der Waals surface area (Å²) in [7, 11) is 3.43. The molecule has 1 aromatic heterocycles. The van der Waals surface area contributed by atoms with E-state index in [1.165, 1.54) is 0 Å². The molecule has 2 heterocycles. The first-order valence-electron chi connectivity index (χ1n) is 9.77. The van der Waals surface area contributed by atoms with Gasteiger partial charge in [-0.3, -0.25) is 14.3 Å². The van der Waals surface area contributed by atoms with Crippen molar-refractivity contribution in [3.8, 4) is 5.75 Å². The third kappa shape index (κ3) is 4.35. The minimum Gasteiger partial charge on any atom is -0.497 e. The van der Waals surface area contributed by atoms with Crippen LogP contribution in [0.5, 0.6) is 5.75 Å². The molecule has 7 nitrogen and oxygen atoms in total. The lowest BCUT2D eigenvalue weighted by atomic mass is 10.1. The van der Waals surface area contributed by atoms with Gasteiger partial charge < -0.3 is 14.5 Å². The molecule has 2 aromatic rings. The van der Waals surface area contributed by atoms with E-state index in [9.17, 15) is 9.59 Å². The van der Waals surface area contributed by atoms with Gasteiger partial charge in [0.1, 0.15) is 11.4 Å². The van der Waals surface area contributed by atoms with Crippen LogP contribution in [0.2, 0.25) is 0 Å². The van der Waals surface area contributed by atoms with E-state index in [1.807, 2.05) is 37.2 Å². The Morgan fingerprint density at radius 2 is 2.07 bits per heavy atom. The molecule has 1 fully saturated rings. The van der Waals surface area contributed by atoms with Gasteiger partial charge in [-0.05, 0) is 50.5 Å². The molecule has 1 saturated heterocycles. The number of methoxy groups -OCH3 is 1. The maximum absolute atomic E-state index is 12.9. The number of nitrogens with zero attached hydrogens (tertiary/aromatic N) is 4. The lowest BCUT2D eigenvalue weighted by molar-refractivity contribution is 0.0708. The SMILES string of the molecule is CCn1ccc(C(=O)N2CCCC(N(C)C(=O)c3cccc(OC)c3)CC2)n1. The predicted octanol–water partition coefficient (Wildman–Crippen LogP) is 2.68. The monoisotopic (exact) mass is 384 g/mol. The zero-order valence-corrected chi connectivity index (χ0v) is 16.8. The van der Waals surface area contributed by atoms with Gasteiger partial charge in [0.15, 0.2) is 0 Å². The van der Waals surface area contributed by atoms with Gasteiger partial charge >= 0.3 is 0 Å². The molecule has 2 amide bonds. The van der Waals surface area contributed by atoms with Gasteiger partial charge in [-0.15, -0.1) is 0 Å². The van der Waals surface area contributed by atoms with E-state index in [1.54, 1.807) is 34.9 Å². The minimum absolute atomic E-state index is 0.0228. The Bertz CT molecular complexity index is 833. The Morgan fingerprint density at radius 3 is 2.79 bits per heavy atom. The number of carbonyl (C=O) groups excluding carboxylic acids is 2. The van der Waals surface area contributed by atoms with Crippen LogP contribution in [0.15, 0.2) is 36.5 Å². The highest BCUT2D eigenvalue weighted by Gasteiger charge is 2.27. The van der Waals surface area contributed by atoms with Crippen molar-refractivity contribution in [1.29, 1.82) is 0 Å². The highest BCUT2D eigenvalue weighted by molar-refractivity contribution is 5.94. The van der Waals surface area contributed by atoms with Crippen molar-refractivity contribution in [2.75, 3.05) is 27.2 Å². The van der Waals surface area contributed by atoms with Gasteiger partial charge in [-0.2, -0.15) is 5.10 Å². The van der Waals surface area contributed by atoms with Crippen molar-refractivity contribution in [3.63, 3.8) is 0 Å². The van der Waals surface area contributed by atoms with Crippen LogP contribution in [0.4, 0.5) is 0 Å². The lowest BCUT2D eigenvalue weighted by Gasteiger charge is -2.27. The van der Waals surface area contributed by atoms with Crippen LogP contribution in [0.1, 0.15) is 47.0 Å². The van der Waals surface area contributed by atoms with Crippen molar-refractivity contribution >= 4 is 11.8 Å². The van der Waals surface area contributed by atoms with Gasteiger partial charge in [0.2, 0.25) is 0 Å². The second-order valence-electron chi connectivity index (χ2n) is 7.08. The maximum atomic E-state index is 12.9. The van der Waals surface area contributed by atoms with E-state index in [0.29, 0.717) is 30.1 Å². The van der Waals surface area contributed by atoms with Gasteiger partial charge in [-0.25, -0.2) is 0 Å². The average Bonchev–Trinajstić information content (AvgIpc) is 3.09. The summed E-state index contributed by atoms with van der Waals surface area (Å²) >= 11 is 0. The van der Waals surface area contributed by atoms with Crippen molar-refractivity contribution in [2.45, 2.75) is 38.8 Å². The molecule has 0 radical (unpaired) electrons. The van der Waals surface area contributed by atoms with Gasteiger partial charge in [0, 0.05) is 44.5 Å². The summed E-state index contributed by atoms with van der Waals surface area (Å²) in [6, 6.07) is 9.08. The number of aromatic nitrogens is 2. The summed E-state index contributed by atoms with van der Waals surface area (Å²) in [5.41, 5.74) is 1.10. The smallest absolute Gasteiger partial charge is 0.274 e. The molecule has 1 aliphatic heterocycles. The van der Waals surface area contributed by atoms with Crippen molar-refractivity contribution in [2.24, 2.45) is 0 Å². The Labute approximate surface area is 165 Å². The van der Waals surface area contributed by atoms with Gasteiger partial charge in [0.05, 0.1) is 7.11 Å². The van der Waals surface area contributed by atoms with Crippen LogP contribution in [0.25, 0.3) is 0 Å². The molecule has 0 aliphatic carbocycles. The van der Waals surface area contributed by atoms with Crippen molar-refractivity contribution in [3.05, 3.63) is 47.8 Å². The van der Waals surface area contributed by atoms with E-state index in [4.69, 9.17) is 4.74 Å². The van der Waals surface area contributed by atoms with Crippen LogP contribution >= 0.6 is 0 Å². The third-order valence-electron chi connectivity index (χ3n) is 5.35. The lowest BCUT2D eigenvalue weighted by Crippen LogP contribution is -2.38. The average molecular weight is 384 g/mol. The molecule has 1 atom stereocenters. The standard InChI is InChI=1S/C21H28N4O3/c1-4-25-14-11-19(22-25)21(27)24-12-6-8-17(10-13-24)23(2)20(26)16-7-5-9-18(15-16)28-3/h5,7,9,11,14-15,17H,4,6,8,10,12-13H2,1-3H3. The summed E-state index contributed by atoms with van der Waals surface area (Å²) in [6.45, 7) is 4.05. The van der Waals surface area contributed by atoms with Crippen LogP contribution in [0.3, 0.4) is 0 Å². The topological polar surface area (TPSA) is 67.7 Å². The third-order valence-corrected chi connectivity index (χ3v) is 5.35. The Morgan fingerprint density at radius 1 is 1.25 bits per heavy atom. The molecule has 0 bridgehead atoms.